The van der Waals surface area contributed by atoms with Crippen LogP contribution in [0.5, 0.6) is 0 Å². The van der Waals surface area contributed by atoms with E-state index in [1.807, 2.05) is 12.1 Å². The summed E-state index contributed by atoms with van der Waals surface area (Å²) in [5, 5.41) is 3.38. The Morgan fingerprint density at radius 2 is 1.79 bits per heavy atom. The highest BCUT2D eigenvalue weighted by Crippen LogP contribution is 2.28. The molecule has 29 heavy (non-hydrogen) atoms. The highest BCUT2D eigenvalue weighted by molar-refractivity contribution is 6.38. The Morgan fingerprint density at radius 3 is 2.41 bits per heavy atom. The van der Waals surface area contributed by atoms with Crippen molar-refractivity contribution >= 4 is 52.4 Å². The molecule has 154 valence electrons. The maximum atomic E-state index is 13.0. The third kappa shape index (κ3) is 5.10. The Labute approximate surface area is 184 Å². The number of aryl methyl sites for hydroxylation is 1. The number of carbonyl (C=O) groups is 2. The summed E-state index contributed by atoms with van der Waals surface area (Å²) >= 11 is 18.1. The van der Waals surface area contributed by atoms with Crippen molar-refractivity contribution in [3.05, 3.63) is 51.0 Å². The van der Waals surface area contributed by atoms with Gasteiger partial charge in [-0.3, -0.25) is 4.79 Å². The van der Waals surface area contributed by atoms with Crippen molar-refractivity contribution < 1.29 is 9.59 Å². The summed E-state index contributed by atoms with van der Waals surface area (Å²) < 4.78 is 0. The van der Waals surface area contributed by atoms with Crippen LogP contribution < -0.4 is 5.32 Å². The van der Waals surface area contributed by atoms with Crippen LogP contribution in [-0.4, -0.2) is 51.3 Å². The summed E-state index contributed by atoms with van der Waals surface area (Å²) in [7, 11) is 1.72. The van der Waals surface area contributed by atoms with Gasteiger partial charge in [0.05, 0.1) is 0 Å². The van der Waals surface area contributed by atoms with Gasteiger partial charge >= 0.3 is 6.03 Å². The number of halogens is 3. The number of nitrogens with one attached hydrogen (secondary N) is 1. The third-order valence-electron chi connectivity index (χ3n) is 4.67. The standard InChI is InChI=1S/C19H20Cl3N5O2/c1-11-23-16(21)15(17(22)24-11)25-19(29)27-9-3-4-14(27)18(28)26(2)10-12-5-7-13(20)8-6-12/h5-8,14H,3-4,9-10H2,1-2H3,(H,25,29)/t14-/m1/s1. The topological polar surface area (TPSA) is 78.4 Å². The van der Waals surface area contributed by atoms with Crippen molar-refractivity contribution in [2.45, 2.75) is 32.4 Å². The summed E-state index contributed by atoms with van der Waals surface area (Å²) in [6, 6.07) is 6.27. The van der Waals surface area contributed by atoms with Gasteiger partial charge in [0.15, 0.2) is 10.3 Å². The molecule has 7 nitrogen and oxygen atoms in total. The molecule has 2 aromatic rings. The zero-order valence-electron chi connectivity index (χ0n) is 16.0. The predicted molar refractivity (Wildman–Crippen MR) is 113 cm³/mol. The van der Waals surface area contributed by atoms with E-state index in [4.69, 9.17) is 34.8 Å². The van der Waals surface area contributed by atoms with Crippen LogP contribution in [0.25, 0.3) is 0 Å². The quantitative estimate of drug-likeness (QED) is 0.692. The minimum Gasteiger partial charge on any atom is -0.340 e. The van der Waals surface area contributed by atoms with Crippen molar-refractivity contribution in [1.29, 1.82) is 0 Å². The Kier molecular flexibility index (Phi) is 6.82. The molecule has 10 heteroatoms. The second-order valence-electron chi connectivity index (χ2n) is 6.83. The van der Waals surface area contributed by atoms with Gasteiger partial charge < -0.3 is 15.1 Å². The lowest BCUT2D eigenvalue weighted by molar-refractivity contribution is -0.134. The van der Waals surface area contributed by atoms with Crippen LogP contribution in [-0.2, 0) is 11.3 Å². The molecule has 2 heterocycles. The number of amides is 3. The molecular formula is C19H20Cl3N5O2. The van der Waals surface area contributed by atoms with Gasteiger partial charge in [0.1, 0.15) is 17.6 Å². The number of rotatable bonds is 4. The molecule has 1 N–H and O–H groups in total. The number of anilines is 1. The smallest absolute Gasteiger partial charge is 0.322 e. The lowest BCUT2D eigenvalue weighted by atomic mass is 10.1. The SMILES string of the molecule is Cc1nc(Cl)c(NC(=O)N2CCC[C@@H]2C(=O)N(C)Cc2ccc(Cl)cc2)c(Cl)n1. The van der Waals surface area contributed by atoms with Crippen LogP contribution in [0, 0.1) is 6.92 Å². The van der Waals surface area contributed by atoms with Gasteiger partial charge in [-0.05, 0) is 37.5 Å². The van der Waals surface area contributed by atoms with Gasteiger partial charge in [-0.1, -0.05) is 46.9 Å². The van der Waals surface area contributed by atoms with E-state index in [0.29, 0.717) is 30.4 Å². The average molecular weight is 457 g/mol. The van der Waals surface area contributed by atoms with Crippen LogP contribution in [0.4, 0.5) is 10.5 Å². The van der Waals surface area contributed by atoms with E-state index in [2.05, 4.69) is 15.3 Å². The van der Waals surface area contributed by atoms with E-state index < -0.39 is 12.1 Å². The normalized spacial score (nSPS) is 16.0. The number of hydrogen-bond acceptors (Lipinski definition) is 4. The fourth-order valence-corrected chi connectivity index (χ4v) is 3.94. The number of carbonyl (C=O) groups excluding carboxylic acids is 2. The summed E-state index contributed by atoms with van der Waals surface area (Å²) in [4.78, 5) is 36.9. The van der Waals surface area contributed by atoms with E-state index in [9.17, 15) is 9.59 Å². The molecule has 1 aromatic carbocycles. The van der Waals surface area contributed by atoms with Gasteiger partial charge in [-0.2, -0.15) is 0 Å². The average Bonchev–Trinajstić information content (AvgIpc) is 3.15. The lowest BCUT2D eigenvalue weighted by Crippen LogP contribution is -2.47. The molecule has 1 saturated heterocycles. The number of benzene rings is 1. The zero-order valence-corrected chi connectivity index (χ0v) is 18.2. The number of nitrogens with zero attached hydrogens (tertiary/aromatic N) is 4. The fourth-order valence-electron chi connectivity index (χ4n) is 3.25. The number of likely N-dealkylation sites (tertiary alicyclic amines) is 1. The lowest BCUT2D eigenvalue weighted by Gasteiger charge is -2.28. The number of likely N-dealkylation sites (N-methyl/N-ethyl adjacent to an activating group) is 1. The Balaban J connectivity index is 1.69. The van der Waals surface area contributed by atoms with Crippen molar-refractivity contribution in [2.24, 2.45) is 0 Å². The van der Waals surface area contributed by atoms with Crippen LogP contribution in [0.1, 0.15) is 24.2 Å². The second-order valence-corrected chi connectivity index (χ2v) is 7.98. The first-order valence-corrected chi connectivity index (χ1v) is 10.2. The molecule has 1 aliphatic heterocycles. The van der Waals surface area contributed by atoms with Gasteiger partial charge in [0.2, 0.25) is 5.91 Å². The second kappa shape index (κ2) is 9.15. The van der Waals surface area contributed by atoms with Crippen molar-refractivity contribution in [1.82, 2.24) is 19.8 Å². The van der Waals surface area contributed by atoms with E-state index in [1.165, 1.54) is 4.90 Å². The zero-order chi connectivity index (χ0) is 21.1. The van der Waals surface area contributed by atoms with Crippen molar-refractivity contribution in [3.8, 4) is 0 Å². The van der Waals surface area contributed by atoms with Crippen LogP contribution in [0.15, 0.2) is 24.3 Å². The predicted octanol–water partition coefficient (Wildman–Crippen LogP) is 4.40. The molecule has 0 spiro atoms. The fraction of sp³-hybridized carbons (Fsp3) is 0.368. The molecule has 1 fully saturated rings. The summed E-state index contributed by atoms with van der Waals surface area (Å²) in [5.74, 6) is 0.265. The molecule has 3 rings (SSSR count). The van der Waals surface area contributed by atoms with Crippen molar-refractivity contribution in [3.63, 3.8) is 0 Å². The summed E-state index contributed by atoms with van der Waals surface area (Å²) in [5.41, 5.74) is 1.09. The molecule has 3 amide bonds. The first-order chi connectivity index (χ1) is 13.8. The highest BCUT2D eigenvalue weighted by Gasteiger charge is 2.36. The highest BCUT2D eigenvalue weighted by atomic mass is 35.5. The van der Waals surface area contributed by atoms with Gasteiger partial charge in [-0.25, -0.2) is 14.8 Å². The summed E-state index contributed by atoms with van der Waals surface area (Å²) in [6.45, 7) is 2.53. The van der Waals surface area contributed by atoms with E-state index in [1.54, 1.807) is 31.0 Å². The Morgan fingerprint density at radius 1 is 1.17 bits per heavy atom. The third-order valence-corrected chi connectivity index (χ3v) is 5.47. The van der Waals surface area contributed by atoms with E-state index in [-0.39, 0.29) is 21.9 Å². The monoisotopic (exact) mass is 455 g/mol. The number of aromatic nitrogens is 2. The van der Waals surface area contributed by atoms with E-state index >= 15 is 0 Å². The maximum absolute atomic E-state index is 13.0. The number of urea groups is 1. The number of hydrogen-bond donors (Lipinski definition) is 1. The molecule has 1 atom stereocenters. The molecule has 0 radical (unpaired) electrons. The van der Waals surface area contributed by atoms with Gasteiger partial charge in [-0.15, -0.1) is 0 Å². The minimum atomic E-state index is -0.559. The molecular weight excluding hydrogens is 437 g/mol. The molecule has 0 aliphatic carbocycles. The van der Waals surface area contributed by atoms with Crippen LogP contribution in [0.3, 0.4) is 0 Å². The van der Waals surface area contributed by atoms with Crippen molar-refractivity contribution in [2.75, 3.05) is 18.9 Å². The minimum absolute atomic E-state index is 0.0535. The maximum Gasteiger partial charge on any atom is 0.322 e. The Hall–Kier alpha value is -2.09. The van der Waals surface area contributed by atoms with Crippen LogP contribution >= 0.6 is 34.8 Å². The van der Waals surface area contributed by atoms with Gasteiger partial charge in [0.25, 0.3) is 0 Å². The van der Waals surface area contributed by atoms with Gasteiger partial charge in [0, 0.05) is 25.2 Å². The summed E-state index contributed by atoms with van der Waals surface area (Å²) in [6.07, 6.45) is 1.31. The molecule has 0 saturated carbocycles. The molecule has 0 bridgehead atoms. The van der Waals surface area contributed by atoms with E-state index in [0.717, 1.165) is 12.0 Å². The Bertz CT molecular complexity index is 900. The molecule has 0 unspecified atom stereocenters. The largest absolute Gasteiger partial charge is 0.340 e. The first-order valence-electron chi connectivity index (χ1n) is 9.03. The first kappa shape index (κ1) is 21.6. The molecule has 1 aliphatic rings. The van der Waals surface area contributed by atoms with Crippen LogP contribution in [0.2, 0.25) is 15.3 Å². The molecule has 1 aromatic heterocycles.